The summed E-state index contributed by atoms with van der Waals surface area (Å²) < 4.78 is 5.60. The molecule has 1 aromatic rings. The predicted molar refractivity (Wildman–Crippen MR) is 89.9 cm³/mol. The normalized spacial score (nSPS) is 11.7. The van der Waals surface area contributed by atoms with Gasteiger partial charge in [-0.1, -0.05) is 0 Å². The molecule has 0 saturated carbocycles. The lowest BCUT2D eigenvalue weighted by Crippen LogP contribution is -2.40. The van der Waals surface area contributed by atoms with E-state index in [2.05, 4.69) is 42.9 Å². The Morgan fingerprint density at radius 3 is 2.29 bits per heavy atom. The van der Waals surface area contributed by atoms with E-state index in [1.54, 1.807) is 0 Å². The average molecular weight is 294 g/mol. The van der Waals surface area contributed by atoms with Gasteiger partial charge in [0.2, 0.25) is 5.88 Å². The number of nitrogens with zero attached hydrogens (tertiary/aromatic N) is 2. The molecule has 0 amide bonds. The van der Waals surface area contributed by atoms with Crippen molar-refractivity contribution in [1.82, 2.24) is 9.88 Å². The highest BCUT2D eigenvalue weighted by Gasteiger charge is 2.12. The summed E-state index contributed by atoms with van der Waals surface area (Å²) in [5.41, 5.74) is 6.44. The number of anilines is 2. The van der Waals surface area contributed by atoms with E-state index >= 15 is 0 Å². The highest BCUT2D eigenvalue weighted by molar-refractivity contribution is 5.53. The molecule has 1 aromatic heterocycles. The van der Waals surface area contributed by atoms with Crippen LogP contribution in [0.4, 0.5) is 11.5 Å². The van der Waals surface area contributed by atoms with E-state index in [9.17, 15) is 0 Å². The Labute approximate surface area is 128 Å². The third-order valence-corrected chi connectivity index (χ3v) is 3.24. The summed E-state index contributed by atoms with van der Waals surface area (Å²) in [7, 11) is 0. The van der Waals surface area contributed by atoms with E-state index in [-0.39, 0.29) is 6.10 Å². The summed E-state index contributed by atoms with van der Waals surface area (Å²) in [6.45, 7) is 14.6. The maximum atomic E-state index is 5.87. The first-order valence-electron chi connectivity index (χ1n) is 7.74. The number of hydrogen-bond donors (Lipinski definition) is 2. The van der Waals surface area contributed by atoms with Crippen LogP contribution in [0, 0.1) is 0 Å². The van der Waals surface area contributed by atoms with E-state index in [1.165, 1.54) is 0 Å². The molecule has 0 aliphatic heterocycles. The van der Waals surface area contributed by atoms with Crippen LogP contribution in [0.1, 0.15) is 41.5 Å². The van der Waals surface area contributed by atoms with Crippen molar-refractivity contribution >= 4 is 11.5 Å². The molecular formula is C16H30N4O. The summed E-state index contributed by atoms with van der Waals surface area (Å²) in [6, 6.07) is 4.78. The van der Waals surface area contributed by atoms with Crippen molar-refractivity contribution in [3.8, 4) is 5.88 Å². The molecule has 0 fully saturated rings. The van der Waals surface area contributed by atoms with Gasteiger partial charge in [-0.3, -0.25) is 4.90 Å². The molecule has 0 radical (unpaired) electrons. The van der Waals surface area contributed by atoms with Crippen LogP contribution in [0.15, 0.2) is 12.1 Å². The number of pyridine rings is 1. The Morgan fingerprint density at radius 2 is 1.76 bits per heavy atom. The zero-order chi connectivity index (χ0) is 16.0. The van der Waals surface area contributed by atoms with Crippen LogP contribution in [0.5, 0.6) is 5.88 Å². The van der Waals surface area contributed by atoms with Crippen LogP contribution in [0.2, 0.25) is 0 Å². The molecule has 1 heterocycles. The second-order valence-corrected chi connectivity index (χ2v) is 6.11. The van der Waals surface area contributed by atoms with Crippen molar-refractivity contribution < 1.29 is 4.74 Å². The largest absolute Gasteiger partial charge is 0.473 e. The van der Waals surface area contributed by atoms with Crippen molar-refractivity contribution in [2.75, 3.05) is 24.1 Å². The first-order chi connectivity index (χ1) is 9.81. The number of rotatable bonds is 8. The van der Waals surface area contributed by atoms with E-state index in [1.807, 2.05) is 26.0 Å². The SMILES string of the molecule is CC(C)Oc1nc(NCCN(C(C)C)C(C)C)ccc1N. The Kier molecular flexibility index (Phi) is 6.75. The maximum Gasteiger partial charge on any atom is 0.239 e. The molecule has 21 heavy (non-hydrogen) atoms. The maximum absolute atomic E-state index is 5.87. The predicted octanol–water partition coefficient (Wildman–Crippen LogP) is 2.98. The highest BCUT2D eigenvalue weighted by atomic mass is 16.5. The summed E-state index contributed by atoms with van der Waals surface area (Å²) in [6.07, 6.45) is 0.0624. The Bertz CT molecular complexity index is 424. The van der Waals surface area contributed by atoms with Crippen LogP contribution in [-0.4, -0.2) is 41.2 Å². The van der Waals surface area contributed by atoms with Crippen LogP contribution < -0.4 is 15.8 Å². The molecule has 0 aromatic carbocycles. The number of nitrogens with one attached hydrogen (secondary N) is 1. The van der Waals surface area contributed by atoms with Crippen molar-refractivity contribution in [2.24, 2.45) is 0 Å². The van der Waals surface area contributed by atoms with E-state index in [0.29, 0.717) is 23.7 Å². The minimum atomic E-state index is 0.0624. The zero-order valence-electron chi connectivity index (χ0n) is 14.2. The summed E-state index contributed by atoms with van der Waals surface area (Å²) in [5, 5.41) is 3.34. The van der Waals surface area contributed by atoms with Crippen molar-refractivity contribution in [3.63, 3.8) is 0 Å². The molecule has 5 nitrogen and oxygen atoms in total. The van der Waals surface area contributed by atoms with E-state index in [0.717, 1.165) is 18.9 Å². The molecule has 0 saturated heterocycles. The van der Waals surface area contributed by atoms with Gasteiger partial charge in [-0.05, 0) is 53.7 Å². The lowest BCUT2D eigenvalue weighted by Gasteiger charge is -2.30. The third-order valence-electron chi connectivity index (χ3n) is 3.24. The molecule has 5 heteroatoms. The van der Waals surface area contributed by atoms with Crippen molar-refractivity contribution in [3.05, 3.63) is 12.1 Å². The molecule has 0 spiro atoms. The molecule has 1 rings (SSSR count). The van der Waals surface area contributed by atoms with Crippen molar-refractivity contribution in [1.29, 1.82) is 0 Å². The first-order valence-corrected chi connectivity index (χ1v) is 7.74. The molecule has 0 unspecified atom stereocenters. The van der Waals surface area contributed by atoms with Gasteiger partial charge >= 0.3 is 0 Å². The van der Waals surface area contributed by atoms with Crippen LogP contribution >= 0.6 is 0 Å². The molecule has 0 aliphatic rings. The Morgan fingerprint density at radius 1 is 1.14 bits per heavy atom. The standard InChI is InChI=1S/C16H30N4O/c1-11(2)20(12(3)4)10-9-18-15-8-7-14(17)16(19-15)21-13(5)6/h7-8,11-13H,9-10,17H2,1-6H3,(H,18,19). The van der Waals surface area contributed by atoms with Gasteiger partial charge < -0.3 is 15.8 Å². The quantitative estimate of drug-likeness (QED) is 0.771. The fourth-order valence-electron chi connectivity index (χ4n) is 2.29. The zero-order valence-corrected chi connectivity index (χ0v) is 14.2. The number of nitrogens with two attached hydrogens (primary N) is 1. The number of aromatic nitrogens is 1. The molecule has 3 N–H and O–H groups in total. The molecule has 0 bridgehead atoms. The van der Waals surface area contributed by atoms with Crippen molar-refractivity contribution in [2.45, 2.75) is 59.7 Å². The smallest absolute Gasteiger partial charge is 0.239 e. The lowest BCUT2D eigenvalue weighted by molar-refractivity contribution is 0.182. The minimum absolute atomic E-state index is 0.0624. The van der Waals surface area contributed by atoms with Gasteiger partial charge in [-0.25, -0.2) is 0 Å². The monoisotopic (exact) mass is 294 g/mol. The van der Waals surface area contributed by atoms with Gasteiger partial charge in [0.25, 0.3) is 0 Å². The fourth-order valence-corrected chi connectivity index (χ4v) is 2.29. The number of hydrogen-bond acceptors (Lipinski definition) is 5. The molecule has 120 valence electrons. The average Bonchev–Trinajstić information content (AvgIpc) is 2.36. The molecular weight excluding hydrogens is 264 g/mol. The summed E-state index contributed by atoms with van der Waals surface area (Å²) in [4.78, 5) is 6.86. The lowest BCUT2D eigenvalue weighted by atomic mass is 10.2. The number of nitrogen functional groups attached to an aromatic ring is 1. The van der Waals surface area contributed by atoms with E-state index in [4.69, 9.17) is 10.5 Å². The molecule has 0 atom stereocenters. The van der Waals surface area contributed by atoms with Crippen LogP contribution in [0.3, 0.4) is 0 Å². The fraction of sp³-hybridized carbons (Fsp3) is 0.688. The minimum Gasteiger partial charge on any atom is -0.473 e. The Hall–Kier alpha value is -1.49. The topological polar surface area (TPSA) is 63.4 Å². The van der Waals surface area contributed by atoms with Gasteiger partial charge in [0.15, 0.2) is 0 Å². The Balaban J connectivity index is 2.59. The van der Waals surface area contributed by atoms with Gasteiger partial charge in [-0.2, -0.15) is 4.98 Å². The van der Waals surface area contributed by atoms with Gasteiger partial charge in [-0.15, -0.1) is 0 Å². The van der Waals surface area contributed by atoms with Crippen LogP contribution in [0.25, 0.3) is 0 Å². The van der Waals surface area contributed by atoms with Gasteiger partial charge in [0.1, 0.15) is 5.82 Å². The van der Waals surface area contributed by atoms with Gasteiger partial charge in [0, 0.05) is 25.2 Å². The van der Waals surface area contributed by atoms with Crippen LogP contribution in [-0.2, 0) is 0 Å². The number of ether oxygens (including phenoxy) is 1. The first kappa shape index (κ1) is 17.6. The van der Waals surface area contributed by atoms with E-state index < -0.39 is 0 Å². The molecule has 0 aliphatic carbocycles. The highest BCUT2D eigenvalue weighted by Crippen LogP contribution is 2.21. The summed E-state index contributed by atoms with van der Waals surface area (Å²) >= 11 is 0. The third kappa shape index (κ3) is 5.79. The van der Waals surface area contributed by atoms with Gasteiger partial charge in [0.05, 0.1) is 11.8 Å². The summed E-state index contributed by atoms with van der Waals surface area (Å²) in [5.74, 6) is 1.30. The second-order valence-electron chi connectivity index (χ2n) is 6.11. The second kappa shape index (κ2) is 8.08.